The smallest absolute Gasteiger partial charge is 0.301 e. The van der Waals surface area contributed by atoms with E-state index < -0.39 is 21.2 Å². The Kier molecular flexibility index (Phi) is 7.98. The van der Waals surface area contributed by atoms with E-state index in [4.69, 9.17) is 22.3 Å². The van der Waals surface area contributed by atoms with Gasteiger partial charge in [0.15, 0.2) is 0 Å². The van der Waals surface area contributed by atoms with Gasteiger partial charge in [0.25, 0.3) is 5.69 Å². The third kappa shape index (κ3) is 6.34. The van der Waals surface area contributed by atoms with Crippen molar-refractivity contribution in [2.75, 3.05) is 18.6 Å². The van der Waals surface area contributed by atoms with Crippen LogP contribution in [0.4, 0.5) is 17.1 Å². The van der Waals surface area contributed by atoms with Gasteiger partial charge in [0.1, 0.15) is 30.4 Å². The van der Waals surface area contributed by atoms with Crippen molar-refractivity contribution in [1.82, 2.24) is 0 Å². The van der Waals surface area contributed by atoms with Gasteiger partial charge >= 0.3 is 5.69 Å². The van der Waals surface area contributed by atoms with Crippen molar-refractivity contribution in [1.29, 1.82) is 0 Å². The molecule has 0 saturated carbocycles. The standard InChI is InChI=1S/C25H18N4O6/c1-3-15-34-21-10-5-18(6-11-21)25(19-7-12-22(13-8-19)35-16-4-2)27-26-23-14-9-20(28(30)31)17-24(23)29(32)33/h1-2,5-14,17,26H,15-16H2. The first-order chi connectivity index (χ1) is 16.9. The molecule has 1 N–H and O–H groups in total. The van der Waals surface area contributed by atoms with Crippen molar-refractivity contribution < 1.29 is 19.3 Å². The summed E-state index contributed by atoms with van der Waals surface area (Å²) in [6, 6.07) is 17.1. The molecule has 0 saturated heterocycles. The molecular formula is C25H18N4O6. The lowest BCUT2D eigenvalue weighted by atomic mass is 10.0. The molecule has 10 heteroatoms. The lowest BCUT2D eigenvalue weighted by Crippen LogP contribution is -2.08. The molecule has 0 aromatic heterocycles. The highest BCUT2D eigenvalue weighted by Gasteiger charge is 2.19. The number of anilines is 1. The van der Waals surface area contributed by atoms with Crippen LogP contribution in [0, 0.1) is 44.9 Å². The van der Waals surface area contributed by atoms with E-state index in [9.17, 15) is 20.2 Å². The highest BCUT2D eigenvalue weighted by atomic mass is 16.6. The molecular weight excluding hydrogens is 452 g/mol. The lowest BCUT2D eigenvalue weighted by Gasteiger charge is -2.11. The number of ether oxygens (including phenoxy) is 2. The van der Waals surface area contributed by atoms with Gasteiger partial charge in [0.2, 0.25) is 0 Å². The second-order valence-corrected chi connectivity index (χ2v) is 6.82. The maximum absolute atomic E-state index is 11.5. The Morgan fingerprint density at radius 3 is 1.77 bits per heavy atom. The number of nitro benzene ring substituents is 2. The fraction of sp³-hybridized carbons (Fsp3) is 0.0800. The second-order valence-electron chi connectivity index (χ2n) is 6.82. The van der Waals surface area contributed by atoms with Crippen LogP contribution in [0.1, 0.15) is 11.1 Å². The number of nitrogens with zero attached hydrogens (tertiary/aromatic N) is 3. The maximum atomic E-state index is 11.5. The van der Waals surface area contributed by atoms with Gasteiger partial charge in [0, 0.05) is 17.2 Å². The van der Waals surface area contributed by atoms with Gasteiger partial charge in [0.05, 0.1) is 21.6 Å². The van der Waals surface area contributed by atoms with Crippen molar-refractivity contribution in [2.24, 2.45) is 5.10 Å². The van der Waals surface area contributed by atoms with Crippen LogP contribution in [0.2, 0.25) is 0 Å². The van der Waals surface area contributed by atoms with Crippen molar-refractivity contribution in [3.63, 3.8) is 0 Å². The highest BCUT2D eigenvalue weighted by Crippen LogP contribution is 2.29. The normalized spacial score (nSPS) is 9.77. The van der Waals surface area contributed by atoms with Gasteiger partial charge in [-0.1, -0.05) is 11.8 Å². The summed E-state index contributed by atoms with van der Waals surface area (Å²) in [7, 11) is 0. The quantitative estimate of drug-likeness (QED) is 0.201. The van der Waals surface area contributed by atoms with Crippen LogP contribution < -0.4 is 14.9 Å². The first kappa shape index (κ1) is 24.3. The predicted molar refractivity (Wildman–Crippen MR) is 131 cm³/mol. The number of hydrazone groups is 1. The van der Waals surface area contributed by atoms with E-state index in [1.165, 1.54) is 6.07 Å². The molecule has 0 amide bonds. The molecule has 174 valence electrons. The Morgan fingerprint density at radius 2 is 1.34 bits per heavy atom. The third-order valence-corrected chi connectivity index (χ3v) is 4.58. The fourth-order valence-corrected chi connectivity index (χ4v) is 2.96. The summed E-state index contributed by atoms with van der Waals surface area (Å²) in [6.45, 7) is 0.232. The Bertz CT molecular complexity index is 1270. The zero-order valence-corrected chi connectivity index (χ0v) is 18.2. The lowest BCUT2D eigenvalue weighted by molar-refractivity contribution is -0.393. The van der Waals surface area contributed by atoms with E-state index in [1.807, 2.05) is 0 Å². The summed E-state index contributed by atoms with van der Waals surface area (Å²) < 4.78 is 10.8. The van der Waals surface area contributed by atoms with E-state index >= 15 is 0 Å². The minimum Gasteiger partial charge on any atom is -0.481 e. The number of terminal acetylenes is 2. The Hall–Kier alpha value is -5.35. The zero-order chi connectivity index (χ0) is 25.2. The maximum Gasteiger partial charge on any atom is 0.301 e. The molecule has 0 bridgehead atoms. The summed E-state index contributed by atoms with van der Waals surface area (Å²) in [5, 5.41) is 26.9. The van der Waals surface area contributed by atoms with Crippen molar-refractivity contribution in [3.8, 4) is 36.2 Å². The van der Waals surface area contributed by atoms with Gasteiger partial charge in [-0.05, 0) is 54.6 Å². The van der Waals surface area contributed by atoms with Gasteiger partial charge in [-0.25, -0.2) is 0 Å². The summed E-state index contributed by atoms with van der Waals surface area (Å²) in [5.74, 6) is 5.89. The molecule has 3 aromatic rings. The van der Waals surface area contributed by atoms with Gasteiger partial charge in [-0.3, -0.25) is 25.7 Å². The van der Waals surface area contributed by atoms with Crippen LogP contribution in [-0.2, 0) is 0 Å². The molecule has 10 nitrogen and oxygen atoms in total. The van der Waals surface area contributed by atoms with Crippen LogP contribution in [0.3, 0.4) is 0 Å². The number of nitro groups is 2. The number of rotatable bonds is 10. The SMILES string of the molecule is C#CCOc1ccc(C(=NNc2ccc([N+](=O)[O-])cc2[N+](=O)[O-])c2ccc(OCC#C)cc2)cc1. The zero-order valence-electron chi connectivity index (χ0n) is 18.2. The van der Waals surface area contributed by atoms with Gasteiger partial charge in [-0.2, -0.15) is 5.10 Å². The number of hydrogen-bond acceptors (Lipinski definition) is 8. The molecule has 0 aliphatic carbocycles. The van der Waals surface area contributed by atoms with Crippen LogP contribution in [0.15, 0.2) is 71.8 Å². The molecule has 0 aliphatic heterocycles. The summed E-state index contributed by atoms with van der Waals surface area (Å²) in [6.07, 6.45) is 10.4. The number of non-ortho nitro benzene ring substituents is 1. The molecule has 3 rings (SSSR count). The van der Waals surface area contributed by atoms with E-state index in [1.54, 1.807) is 48.5 Å². The molecule has 3 aromatic carbocycles. The topological polar surface area (TPSA) is 129 Å². The Balaban J connectivity index is 2.00. The molecule has 0 spiro atoms. The first-order valence-electron chi connectivity index (χ1n) is 10.0. The average Bonchev–Trinajstić information content (AvgIpc) is 2.87. The molecule has 0 heterocycles. The summed E-state index contributed by atoms with van der Waals surface area (Å²) in [4.78, 5) is 21.0. The fourth-order valence-electron chi connectivity index (χ4n) is 2.96. The molecule has 35 heavy (non-hydrogen) atoms. The van der Waals surface area contributed by atoms with Gasteiger partial charge < -0.3 is 9.47 Å². The molecule has 0 unspecified atom stereocenters. The van der Waals surface area contributed by atoms with Crippen LogP contribution in [0.5, 0.6) is 11.5 Å². The Labute approximate surface area is 200 Å². The largest absolute Gasteiger partial charge is 0.481 e. The first-order valence-corrected chi connectivity index (χ1v) is 10.0. The average molecular weight is 470 g/mol. The summed E-state index contributed by atoms with van der Waals surface area (Å²) in [5.41, 5.74) is 3.51. The second kappa shape index (κ2) is 11.5. The van der Waals surface area contributed by atoms with Crippen LogP contribution >= 0.6 is 0 Å². The highest BCUT2D eigenvalue weighted by molar-refractivity contribution is 6.13. The van der Waals surface area contributed by atoms with E-state index in [2.05, 4.69) is 22.4 Å². The van der Waals surface area contributed by atoms with Crippen LogP contribution in [0.25, 0.3) is 0 Å². The van der Waals surface area contributed by atoms with E-state index in [0.29, 0.717) is 28.3 Å². The summed E-state index contributed by atoms with van der Waals surface area (Å²) >= 11 is 0. The van der Waals surface area contributed by atoms with Crippen molar-refractivity contribution in [3.05, 3.63) is 98.1 Å². The molecule has 0 atom stereocenters. The Morgan fingerprint density at radius 1 is 0.829 bits per heavy atom. The molecule has 0 fully saturated rings. The van der Waals surface area contributed by atoms with E-state index in [0.717, 1.165) is 12.1 Å². The van der Waals surface area contributed by atoms with Gasteiger partial charge in [-0.15, -0.1) is 12.8 Å². The minimum absolute atomic E-state index is 0.0129. The molecule has 0 radical (unpaired) electrons. The van der Waals surface area contributed by atoms with Crippen molar-refractivity contribution >= 4 is 22.8 Å². The third-order valence-electron chi connectivity index (χ3n) is 4.58. The number of nitrogens with one attached hydrogen (secondary N) is 1. The van der Waals surface area contributed by atoms with Crippen molar-refractivity contribution in [2.45, 2.75) is 0 Å². The number of hydrogen-bond donors (Lipinski definition) is 1. The molecule has 0 aliphatic rings. The predicted octanol–water partition coefficient (Wildman–Crippen LogP) is 4.39. The monoisotopic (exact) mass is 470 g/mol. The van der Waals surface area contributed by atoms with Crippen LogP contribution in [-0.4, -0.2) is 28.8 Å². The minimum atomic E-state index is -0.722. The van der Waals surface area contributed by atoms with E-state index in [-0.39, 0.29) is 18.9 Å². The number of benzene rings is 3.